The molecular weight excluding hydrogens is 304 g/mol. The van der Waals surface area contributed by atoms with Crippen LogP contribution >= 0.6 is 0 Å². The molecule has 0 aliphatic carbocycles. The van der Waals surface area contributed by atoms with E-state index in [-0.39, 0.29) is 18.1 Å². The molecule has 2 N–H and O–H groups in total. The maximum atomic E-state index is 12.8. The summed E-state index contributed by atoms with van der Waals surface area (Å²) in [5, 5.41) is 4.16. The summed E-state index contributed by atoms with van der Waals surface area (Å²) in [4.78, 5) is 20.3. The highest BCUT2D eigenvalue weighted by Crippen LogP contribution is 2.28. The van der Waals surface area contributed by atoms with Crippen LogP contribution in [-0.2, 0) is 11.3 Å². The molecule has 0 bridgehead atoms. The second kappa shape index (κ2) is 6.13. The van der Waals surface area contributed by atoms with E-state index < -0.39 is 0 Å². The molecule has 1 amide bonds. The first kappa shape index (κ1) is 15.0. The van der Waals surface area contributed by atoms with Crippen molar-refractivity contribution in [3.63, 3.8) is 0 Å². The number of carbonyl (C=O) groups excluding carboxylic acids is 1. The number of imidazole rings is 1. The van der Waals surface area contributed by atoms with E-state index in [2.05, 4.69) is 26.8 Å². The Bertz CT molecular complexity index is 867. The molecule has 6 nitrogen and oxygen atoms in total. The van der Waals surface area contributed by atoms with E-state index in [1.165, 1.54) is 0 Å². The van der Waals surface area contributed by atoms with Crippen molar-refractivity contribution in [2.45, 2.75) is 32.0 Å². The van der Waals surface area contributed by atoms with E-state index in [0.717, 1.165) is 29.7 Å². The Morgan fingerprint density at radius 2 is 2.38 bits per heavy atom. The number of fused-ring (bicyclic) bond motifs is 1. The third-order valence-corrected chi connectivity index (χ3v) is 4.58. The fourth-order valence-corrected chi connectivity index (χ4v) is 3.36. The summed E-state index contributed by atoms with van der Waals surface area (Å²) < 4.78 is 7.91. The third kappa shape index (κ3) is 2.49. The minimum absolute atomic E-state index is 0.0737. The van der Waals surface area contributed by atoms with Crippen molar-refractivity contribution in [2.75, 3.05) is 6.61 Å². The molecule has 1 fully saturated rings. The van der Waals surface area contributed by atoms with Crippen molar-refractivity contribution in [2.24, 2.45) is 0 Å². The Morgan fingerprint density at radius 3 is 3.25 bits per heavy atom. The van der Waals surface area contributed by atoms with Gasteiger partial charge in [-0.05, 0) is 25.5 Å². The lowest BCUT2D eigenvalue weighted by molar-refractivity contribution is 0.0776. The normalized spacial score (nSPS) is 20.5. The maximum absolute atomic E-state index is 12.8. The van der Waals surface area contributed by atoms with Crippen LogP contribution in [0, 0.1) is 0 Å². The van der Waals surface area contributed by atoms with Crippen LogP contribution in [0.4, 0.5) is 0 Å². The van der Waals surface area contributed by atoms with E-state index in [9.17, 15) is 4.79 Å². The predicted molar refractivity (Wildman–Crippen MR) is 90.8 cm³/mol. The summed E-state index contributed by atoms with van der Waals surface area (Å²) in [6, 6.07) is 7.62. The molecule has 3 aromatic rings. The van der Waals surface area contributed by atoms with Crippen LogP contribution in [0.15, 0.2) is 42.9 Å². The van der Waals surface area contributed by atoms with E-state index in [4.69, 9.17) is 4.74 Å². The number of ether oxygens (including phenoxy) is 1. The molecule has 4 rings (SSSR count). The van der Waals surface area contributed by atoms with E-state index >= 15 is 0 Å². The number of amides is 1. The van der Waals surface area contributed by atoms with Gasteiger partial charge in [-0.2, -0.15) is 0 Å². The van der Waals surface area contributed by atoms with Gasteiger partial charge in [0.25, 0.3) is 5.91 Å². The summed E-state index contributed by atoms with van der Waals surface area (Å²) in [5.74, 6) is 0.788. The molecule has 0 spiro atoms. The number of aryl methyl sites for hydroxylation is 1. The first-order chi connectivity index (χ1) is 11.8. The van der Waals surface area contributed by atoms with Gasteiger partial charge in [0.2, 0.25) is 0 Å². The SMILES string of the molecule is CCn1ccnc1[C@H]1OCC[C@@H]1NC(=O)c1cccc2cc[nH]c12. The van der Waals surface area contributed by atoms with Gasteiger partial charge in [0.1, 0.15) is 11.9 Å². The molecule has 3 heterocycles. The summed E-state index contributed by atoms with van der Waals surface area (Å²) >= 11 is 0. The second-order valence-corrected chi connectivity index (χ2v) is 5.98. The van der Waals surface area contributed by atoms with Gasteiger partial charge in [-0.15, -0.1) is 0 Å². The first-order valence-corrected chi connectivity index (χ1v) is 8.27. The number of hydrogen-bond acceptors (Lipinski definition) is 3. The number of rotatable bonds is 4. The Hall–Kier alpha value is -2.60. The summed E-state index contributed by atoms with van der Waals surface area (Å²) in [5.41, 5.74) is 1.52. The molecule has 2 atom stereocenters. The van der Waals surface area contributed by atoms with Gasteiger partial charge in [0, 0.05) is 37.1 Å². The third-order valence-electron chi connectivity index (χ3n) is 4.58. The van der Waals surface area contributed by atoms with Crippen LogP contribution < -0.4 is 5.32 Å². The number of hydrogen-bond donors (Lipinski definition) is 2. The zero-order valence-corrected chi connectivity index (χ0v) is 13.5. The van der Waals surface area contributed by atoms with Gasteiger partial charge in [0.15, 0.2) is 0 Å². The molecule has 1 aliphatic heterocycles. The Kier molecular flexibility index (Phi) is 3.82. The van der Waals surface area contributed by atoms with Crippen molar-refractivity contribution >= 4 is 16.8 Å². The van der Waals surface area contributed by atoms with Crippen LogP contribution in [-0.4, -0.2) is 33.1 Å². The Morgan fingerprint density at radius 1 is 1.46 bits per heavy atom. The zero-order chi connectivity index (χ0) is 16.5. The molecule has 6 heteroatoms. The van der Waals surface area contributed by atoms with Gasteiger partial charge >= 0.3 is 0 Å². The molecule has 1 aliphatic rings. The van der Waals surface area contributed by atoms with Gasteiger partial charge in [0.05, 0.1) is 17.1 Å². The highest BCUT2D eigenvalue weighted by Gasteiger charge is 2.34. The zero-order valence-electron chi connectivity index (χ0n) is 13.5. The summed E-state index contributed by atoms with van der Waals surface area (Å²) in [6.07, 6.45) is 6.15. The van der Waals surface area contributed by atoms with E-state index in [1.54, 1.807) is 6.20 Å². The first-order valence-electron chi connectivity index (χ1n) is 8.27. The topological polar surface area (TPSA) is 71.9 Å². The van der Waals surface area contributed by atoms with Crippen LogP contribution in [0.2, 0.25) is 0 Å². The van der Waals surface area contributed by atoms with Crippen LogP contribution in [0.3, 0.4) is 0 Å². The number of H-pyrrole nitrogens is 1. The minimum Gasteiger partial charge on any atom is -0.368 e. The number of aromatic nitrogens is 3. The fourth-order valence-electron chi connectivity index (χ4n) is 3.36. The van der Waals surface area contributed by atoms with Crippen LogP contribution in [0.25, 0.3) is 10.9 Å². The van der Waals surface area contributed by atoms with Crippen molar-refractivity contribution < 1.29 is 9.53 Å². The maximum Gasteiger partial charge on any atom is 0.253 e. The number of benzene rings is 1. The van der Waals surface area contributed by atoms with Crippen LogP contribution in [0.5, 0.6) is 0 Å². The quantitative estimate of drug-likeness (QED) is 0.775. The van der Waals surface area contributed by atoms with Gasteiger partial charge < -0.3 is 19.6 Å². The van der Waals surface area contributed by atoms with E-state index in [0.29, 0.717) is 12.2 Å². The van der Waals surface area contributed by atoms with Crippen molar-refractivity contribution in [1.29, 1.82) is 0 Å². The lowest BCUT2D eigenvalue weighted by Gasteiger charge is -2.20. The van der Waals surface area contributed by atoms with Crippen molar-refractivity contribution in [1.82, 2.24) is 19.9 Å². The monoisotopic (exact) mass is 324 g/mol. The molecule has 0 radical (unpaired) electrons. The largest absolute Gasteiger partial charge is 0.368 e. The molecule has 0 unspecified atom stereocenters. The average molecular weight is 324 g/mol. The molecule has 2 aromatic heterocycles. The van der Waals surface area contributed by atoms with E-state index in [1.807, 2.05) is 36.7 Å². The lowest BCUT2D eigenvalue weighted by atomic mass is 10.1. The van der Waals surface area contributed by atoms with Crippen molar-refractivity contribution in [3.8, 4) is 0 Å². The number of nitrogens with one attached hydrogen (secondary N) is 2. The molecular formula is C18H20N4O2. The minimum atomic E-state index is -0.202. The standard InChI is InChI=1S/C18H20N4O2/c1-2-22-10-9-20-17(22)16-14(7-11-24-16)21-18(23)13-5-3-4-12-6-8-19-15(12)13/h3-6,8-10,14,16,19H,2,7,11H2,1H3,(H,21,23)/t14-,16-/m0/s1. The smallest absolute Gasteiger partial charge is 0.253 e. The number of nitrogens with zero attached hydrogens (tertiary/aromatic N) is 2. The summed E-state index contributed by atoms with van der Waals surface area (Å²) in [7, 11) is 0. The number of aromatic amines is 1. The molecule has 24 heavy (non-hydrogen) atoms. The van der Waals surface area contributed by atoms with Gasteiger partial charge in [-0.3, -0.25) is 4.79 Å². The van der Waals surface area contributed by atoms with Gasteiger partial charge in [-0.25, -0.2) is 4.98 Å². The van der Waals surface area contributed by atoms with Crippen LogP contribution in [0.1, 0.15) is 35.6 Å². The number of para-hydroxylation sites is 1. The molecule has 1 aromatic carbocycles. The Balaban J connectivity index is 1.58. The molecule has 124 valence electrons. The predicted octanol–water partition coefficient (Wildman–Crippen LogP) is 2.64. The lowest BCUT2D eigenvalue weighted by Crippen LogP contribution is -2.37. The highest BCUT2D eigenvalue weighted by atomic mass is 16.5. The highest BCUT2D eigenvalue weighted by molar-refractivity contribution is 6.05. The average Bonchev–Trinajstić information content (AvgIpc) is 3.33. The molecule has 0 saturated carbocycles. The van der Waals surface area contributed by atoms with Crippen molar-refractivity contribution in [3.05, 3.63) is 54.2 Å². The molecule has 1 saturated heterocycles. The Labute approximate surface area is 139 Å². The number of carbonyl (C=O) groups is 1. The fraction of sp³-hybridized carbons (Fsp3) is 0.333. The summed E-state index contributed by atoms with van der Waals surface area (Å²) in [6.45, 7) is 3.52. The second-order valence-electron chi connectivity index (χ2n) is 5.98. The van der Waals surface area contributed by atoms with Gasteiger partial charge in [-0.1, -0.05) is 12.1 Å².